The zero-order valence-corrected chi connectivity index (χ0v) is 10.9. The number of likely N-dealkylation sites (tertiary alicyclic amines) is 1. The van der Waals surface area contributed by atoms with Crippen LogP contribution in [0.15, 0.2) is 24.3 Å². The molecule has 1 unspecified atom stereocenters. The average Bonchev–Trinajstić information content (AvgIpc) is 2.79. The topological polar surface area (TPSA) is 20.3 Å². The van der Waals surface area contributed by atoms with Crippen molar-refractivity contribution >= 4 is 17.5 Å². The standard InChI is InChI=1S/C14H18ClNO/c1-2-14(17)16-9-3-4-13(16)10-11-5-7-12(15)8-6-11/h5-8,13H,2-4,9-10H2,1H3. The van der Waals surface area contributed by atoms with Crippen molar-refractivity contribution in [1.29, 1.82) is 0 Å². The quantitative estimate of drug-likeness (QED) is 0.807. The van der Waals surface area contributed by atoms with Gasteiger partial charge in [0.2, 0.25) is 5.91 Å². The van der Waals surface area contributed by atoms with E-state index in [1.54, 1.807) is 0 Å². The molecule has 1 aliphatic rings. The lowest BCUT2D eigenvalue weighted by molar-refractivity contribution is -0.131. The number of hydrogen-bond acceptors (Lipinski definition) is 1. The maximum atomic E-state index is 11.8. The van der Waals surface area contributed by atoms with Gasteiger partial charge in [-0.2, -0.15) is 0 Å². The molecule has 1 aliphatic heterocycles. The van der Waals surface area contributed by atoms with Crippen molar-refractivity contribution in [1.82, 2.24) is 4.90 Å². The maximum absolute atomic E-state index is 11.8. The number of carbonyl (C=O) groups excluding carboxylic acids is 1. The second-order valence-electron chi connectivity index (χ2n) is 4.57. The highest BCUT2D eigenvalue weighted by atomic mass is 35.5. The van der Waals surface area contributed by atoms with Crippen molar-refractivity contribution in [2.24, 2.45) is 0 Å². The van der Waals surface area contributed by atoms with Crippen LogP contribution >= 0.6 is 11.6 Å². The summed E-state index contributed by atoms with van der Waals surface area (Å²) < 4.78 is 0. The van der Waals surface area contributed by atoms with Crippen LogP contribution in [0.25, 0.3) is 0 Å². The molecule has 1 atom stereocenters. The Bertz CT molecular complexity index is 388. The van der Waals surface area contributed by atoms with E-state index in [9.17, 15) is 4.79 Å². The third kappa shape index (κ3) is 3.01. The Balaban J connectivity index is 2.02. The Hall–Kier alpha value is -1.02. The van der Waals surface area contributed by atoms with Crippen molar-refractivity contribution in [2.45, 2.75) is 38.6 Å². The summed E-state index contributed by atoms with van der Waals surface area (Å²) >= 11 is 5.87. The number of halogens is 1. The first-order valence-electron chi connectivity index (χ1n) is 6.24. The van der Waals surface area contributed by atoms with Crippen LogP contribution in [0.5, 0.6) is 0 Å². The lowest BCUT2D eigenvalue weighted by atomic mass is 10.0. The fourth-order valence-corrected chi connectivity index (χ4v) is 2.60. The molecule has 92 valence electrons. The van der Waals surface area contributed by atoms with E-state index < -0.39 is 0 Å². The van der Waals surface area contributed by atoms with Crippen LogP contribution in [0.1, 0.15) is 31.7 Å². The molecule has 1 amide bonds. The molecule has 2 nitrogen and oxygen atoms in total. The minimum Gasteiger partial charge on any atom is -0.339 e. The van der Waals surface area contributed by atoms with E-state index in [1.807, 2.05) is 24.0 Å². The Kier molecular flexibility index (Phi) is 4.06. The van der Waals surface area contributed by atoms with Crippen LogP contribution in [0.2, 0.25) is 5.02 Å². The third-order valence-corrected chi connectivity index (χ3v) is 3.64. The molecular weight excluding hydrogens is 234 g/mol. The van der Waals surface area contributed by atoms with Crippen molar-refractivity contribution in [3.05, 3.63) is 34.9 Å². The molecule has 3 heteroatoms. The number of amides is 1. The molecule has 0 N–H and O–H groups in total. The fraction of sp³-hybridized carbons (Fsp3) is 0.500. The van der Waals surface area contributed by atoms with Gasteiger partial charge in [0.1, 0.15) is 0 Å². The van der Waals surface area contributed by atoms with E-state index in [2.05, 4.69) is 12.1 Å². The number of hydrogen-bond donors (Lipinski definition) is 0. The summed E-state index contributed by atoms with van der Waals surface area (Å²) in [7, 11) is 0. The number of carbonyl (C=O) groups is 1. The smallest absolute Gasteiger partial charge is 0.222 e. The van der Waals surface area contributed by atoms with E-state index in [0.29, 0.717) is 12.5 Å². The second-order valence-corrected chi connectivity index (χ2v) is 5.00. The number of nitrogens with zero attached hydrogens (tertiary/aromatic N) is 1. The highest BCUT2D eigenvalue weighted by molar-refractivity contribution is 6.30. The molecule has 1 aromatic rings. The van der Waals surface area contributed by atoms with Crippen molar-refractivity contribution in [3.8, 4) is 0 Å². The maximum Gasteiger partial charge on any atom is 0.222 e. The van der Waals surface area contributed by atoms with Gasteiger partial charge < -0.3 is 4.90 Å². The van der Waals surface area contributed by atoms with Gasteiger partial charge in [-0.1, -0.05) is 30.7 Å². The average molecular weight is 252 g/mol. The minimum absolute atomic E-state index is 0.279. The van der Waals surface area contributed by atoms with Crippen molar-refractivity contribution in [2.75, 3.05) is 6.54 Å². The Morgan fingerprint density at radius 1 is 1.41 bits per heavy atom. The molecular formula is C14H18ClNO. The molecule has 0 spiro atoms. The van der Waals surface area contributed by atoms with E-state index in [4.69, 9.17) is 11.6 Å². The van der Waals surface area contributed by atoms with Crippen molar-refractivity contribution in [3.63, 3.8) is 0 Å². The summed E-state index contributed by atoms with van der Waals surface area (Å²) in [4.78, 5) is 13.8. The van der Waals surface area contributed by atoms with Crippen LogP contribution in [-0.2, 0) is 11.2 Å². The molecule has 0 saturated carbocycles. The number of benzene rings is 1. The highest BCUT2D eigenvalue weighted by Gasteiger charge is 2.27. The normalized spacial score (nSPS) is 19.6. The molecule has 17 heavy (non-hydrogen) atoms. The molecule has 0 radical (unpaired) electrons. The van der Waals surface area contributed by atoms with E-state index in [-0.39, 0.29) is 5.91 Å². The van der Waals surface area contributed by atoms with E-state index in [1.165, 1.54) is 5.56 Å². The Morgan fingerprint density at radius 3 is 2.76 bits per heavy atom. The van der Waals surface area contributed by atoms with Crippen LogP contribution < -0.4 is 0 Å². The van der Waals surface area contributed by atoms with Gasteiger partial charge in [-0.05, 0) is 37.0 Å². The number of rotatable bonds is 3. The third-order valence-electron chi connectivity index (χ3n) is 3.38. The van der Waals surface area contributed by atoms with Gasteiger partial charge in [0.15, 0.2) is 0 Å². The molecule has 1 heterocycles. The predicted octanol–water partition coefficient (Wildman–Crippen LogP) is 3.28. The van der Waals surface area contributed by atoms with Gasteiger partial charge in [0.25, 0.3) is 0 Å². The lowest BCUT2D eigenvalue weighted by Crippen LogP contribution is -2.36. The van der Waals surface area contributed by atoms with E-state index >= 15 is 0 Å². The Labute approximate surface area is 108 Å². The first kappa shape index (κ1) is 12.4. The monoisotopic (exact) mass is 251 g/mol. The molecule has 1 saturated heterocycles. The van der Waals surface area contributed by atoms with E-state index in [0.717, 1.165) is 30.8 Å². The molecule has 2 rings (SSSR count). The largest absolute Gasteiger partial charge is 0.339 e. The van der Waals surface area contributed by atoms with Crippen LogP contribution in [0.4, 0.5) is 0 Å². The van der Waals surface area contributed by atoms with Gasteiger partial charge in [-0.3, -0.25) is 4.79 Å². The summed E-state index contributed by atoms with van der Waals surface area (Å²) in [6, 6.07) is 8.31. The minimum atomic E-state index is 0.279. The van der Waals surface area contributed by atoms with Crippen LogP contribution in [0, 0.1) is 0 Å². The zero-order valence-electron chi connectivity index (χ0n) is 10.2. The first-order valence-corrected chi connectivity index (χ1v) is 6.62. The first-order chi connectivity index (χ1) is 8.20. The SMILES string of the molecule is CCC(=O)N1CCCC1Cc1ccc(Cl)cc1. The molecule has 1 aromatic carbocycles. The lowest BCUT2D eigenvalue weighted by Gasteiger charge is -2.24. The predicted molar refractivity (Wildman–Crippen MR) is 70.2 cm³/mol. The van der Waals surface area contributed by atoms with Gasteiger partial charge in [0.05, 0.1) is 0 Å². The Morgan fingerprint density at radius 2 is 2.12 bits per heavy atom. The second kappa shape index (κ2) is 5.54. The van der Waals surface area contributed by atoms with Crippen molar-refractivity contribution < 1.29 is 4.79 Å². The van der Waals surface area contributed by atoms with Crippen LogP contribution in [0.3, 0.4) is 0 Å². The summed E-state index contributed by atoms with van der Waals surface area (Å²) in [5, 5.41) is 0.765. The summed E-state index contributed by atoms with van der Waals surface area (Å²) in [5.74, 6) is 0.279. The van der Waals surface area contributed by atoms with Gasteiger partial charge in [-0.15, -0.1) is 0 Å². The summed E-state index contributed by atoms with van der Waals surface area (Å²) in [5.41, 5.74) is 1.26. The molecule has 0 bridgehead atoms. The fourth-order valence-electron chi connectivity index (χ4n) is 2.47. The molecule has 1 fully saturated rings. The van der Waals surface area contributed by atoms with Crippen LogP contribution in [-0.4, -0.2) is 23.4 Å². The molecule has 0 aromatic heterocycles. The molecule has 0 aliphatic carbocycles. The summed E-state index contributed by atoms with van der Waals surface area (Å²) in [6.07, 6.45) is 3.80. The highest BCUT2D eigenvalue weighted by Crippen LogP contribution is 2.22. The zero-order chi connectivity index (χ0) is 12.3. The van der Waals surface area contributed by atoms with Gasteiger partial charge in [0, 0.05) is 24.0 Å². The van der Waals surface area contributed by atoms with Gasteiger partial charge in [-0.25, -0.2) is 0 Å². The van der Waals surface area contributed by atoms with Gasteiger partial charge >= 0.3 is 0 Å². The summed E-state index contributed by atoms with van der Waals surface area (Å²) in [6.45, 7) is 2.85.